The lowest BCUT2D eigenvalue weighted by molar-refractivity contribution is -0.0897. The highest BCUT2D eigenvalue weighted by Crippen LogP contribution is 2.51. The van der Waals surface area contributed by atoms with E-state index >= 15 is 0 Å². The van der Waals surface area contributed by atoms with Gasteiger partial charge in [-0.1, -0.05) is 48.5 Å². The Balaban J connectivity index is 1.89. The highest BCUT2D eigenvalue weighted by atomic mass is 16.5. The molecule has 122 valence electrons. The summed E-state index contributed by atoms with van der Waals surface area (Å²) >= 11 is 0. The second kappa shape index (κ2) is 6.07. The van der Waals surface area contributed by atoms with Gasteiger partial charge >= 0.3 is 0 Å². The average molecular weight is 317 g/mol. The Morgan fingerprint density at radius 2 is 1.71 bits per heavy atom. The molecule has 2 heteroatoms. The predicted octanol–water partition coefficient (Wildman–Crippen LogP) is 4.74. The van der Waals surface area contributed by atoms with Crippen LogP contribution in [0.4, 0.5) is 0 Å². The zero-order chi connectivity index (χ0) is 16.7. The van der Waals surface area contributed by atoms with Crippen molar-refractivity contribution in [2.75, 3.05) is 0 Å². The van der Waals surface area contributed by atoms with Crippen molar-refractivity contribution in [3.05, 3.63) is 70.8 Å². The summed E-state index contributed by atoms with van der Waals surface area (Å²) in [5, 5.41) is 9.89. The Labute approximate surface area is 144 Å². The van der Waals surface area contributed by atoms with Crippen molar-refractivity contribution in [1.29, 1.82) is 5.26 Å². The van der Waals surface area contributed by atoms with Gasteiger partial charge in [-0.25, -0.2) is 0 Å². The van der Waals surface area contributed by atoms with E-state index in [1.54, 1.807) is 0 Å². The Hall–Kier alpha value is -2.11. The summed E-state index contributed by atoms with van der Waals surface area (Å²) < 4.78 is 6.32. The fourth-order valence-electron chi connectivity index (χ4n) is 4.75. The molecule has 0 radical (unpaired) electrons. The molecule has 1 saturated heterocycles. The van der Waals surface area contributed by atoms with E-state index in [0.717, 1.165) is 12.8 Å². The molecule has 1 fully saturated rings. The third kappa shape index (κ3) is 2.36. The lowest BCUT2D eigenvalue weighted by Gasteiger charge is -2.47. The standard InChI is InChI=1S/C22H23NO/c1-14-7-3-5-9-17(14)21-19(13-23)15(2)24-20-12-11-16-8-4-6-10-18(16)22(20)21/h3-10,15,19-22H,11-12H2,1-2H3. The Morgan fingerprint density at radius 1 is 1.00 bits per heavy atom. The van der Waals surface area contributed by atoms with Crippen molar-refractivity contribution in [2.45, 2.75) is 50.7 Å². The molecule has 5 unspecified atom stereocenters. The third-order valence-electron chi connectivity index (χ3n) is 5.88. The van der Waals surface area contributed by atoms with Gasteiger partial charge in [0.05, 0.1) is 24.2 Å². The maximum Gasteiger partial charge on any atom is 0.0798 e. The predicted molar refractivity (Wildman–Crippen MR) is 94.9 cm³/mol. The number of nitrogens with zero attached hydrogens (tertiary/aromatic N) is 1. The summed E-state index contributed by atoms with van der Waals surface area (Å²) in [6.07, 6.45) is 2.31. The first-order valence-corrected chi connectivity index (χ1v) is 8.89. The van der Waals surface area contributed by atoms with Gasteiger partial charge in [-0.05, 0) is 48.9 Å². The number of benzene rings is 2. The number of ether oxygens (including phenoxy) is 1. The number of hydrogen-bond acceptors (Lipinski definition) is 2. The van der Waals surface area contributed by atoms with Crippen molar-refractivity contribution in [1.82, 2.24) is 0 Å². The van der Waals surface area contributed by atoms with Crippen molar-refractivity contribution >= 4 is 0 Å². The van der Waals surface area contributed by atoms with Crippen molar-refractivity contribution < 1.29 is 4.74 Å². The van der Waals surface area contributed by atoms with Gasteiger partial charge in [0.2, 0.25) is 0 Å². The number of hydrogen-bond donors (Lipinski definition) is 0. The summed E-state index contributed by atoms with van der Waals surface area (Å²) in [7, 11) is 0. The summed E-state index contributed by atoms with van der Waals surface area (Å²) in [6, 6.07) is 19.8. The smallest absolute Gasteiger partial charge is 0.0798 e. The molecule has 5 atom stereocenters. The molecule has 0 N–H and O–H groups in total. The van der Waals surface area contributed by atoms with Crippen LogP contribution < -0.4 is 0 Å². The summed E-state index contributed by atoms with van der Waals surface area (Å²) in [5.74, 6) is 0.363. The monoisotopic (exact) mass is 317 g/mol. The van der Waals surface area contributed by atoms with Crippen LogP contribution in [0.25, 0.3) is 0 Å². The van der Waals surface area contributed by atoms with Crippen LogP contribution in [0.15, 0.2) is 48.5 Å². The van der Waals surface area contributed by atoms with E-state index in [0.29, 0.717) is 0 Å². The summed E-state index contributed by atoms with van der Waals surface area (Å²) in [6.45, 7) is 4.23. The van der Waals surface area contributed by atoms with Crippen LogP contribution in [0, 0.1) is 24.2 Å². The second-order valence-electron chi connectivity index (χ2n) is 7.18. The van der Waals surface area contributed by atoms with Crippen LogP contribution >= 0.6 is 0 Å². The van der Waals surface area contributed by atoms with Crippen LogP contribution in [0.2, 0.25) is 0 Å². The van der Waals surface area contributed by atoms with E-state index in [9.17, 15) is 5.26 Å². The van der Waals surface area contributed by atoms with Gasteiger partial charge in [-0.3, -0.25) is 0 Å². The lowest BCUT2D eigenvalue weighted by atomic mass is 9.64. The Morgan fingerprint density at radius 3 is 2.46 bits per heavy atom. The third-order valence-corrected chi connectivity index (χ3v) is 5.88. The van der Waals surface area contributed by atoms with Crippen molar-refractivity contribution in [3.63, 3.8) is 0 Å². The molecule has 2 nitrogen and oxygen atoms in total. The second-order valence-corrected chi connectivity index (χ2v) is 7.18. The first kappa shape index (κ1) is 15.4. The Bertz CT molecular complexity index is 791. The van der Waals surface area contributed by atoms with Gasteiger partial charge in [0.1, 0.15) is 0 Å². The summed E-state index contributed by atoms with van der Waals surface area (Å²) in [5.41, 5.74) is 5.39. The largest absolute Gasteiger partial charge is 0.373 e. The van der Waals surface area contributed by atoms with E-state index in [4.69, 9.17) is 4.74 Å². The molecule has 1 aliphatic carbocycles. The zero-order valence-corrected chi connectivity index (χ0v) is 14.3. The summed E-state index contributed by atoms with van der Waals surface area (Å²) in [4.78, 5) is 0. The molecule has 1 aliphatic heterocycles. The molecule has 4 rings (SSSR count). The molecule has 2 aromatic carbocycles. The van der Waals surface area contributed by atoms with Gasteiger partial charge in [-0.2, -0.15) is 5.26 Å². The maximum atomic E-state index is 9.89. The van der Waals surface area contributed by atoms with Gasteiger partial charge in [-0.15, -0.1) is 0 Å². The fourth-order valence-corrected chi connectivity index (χ4v) is 4.75. The minimum Gasteiger partial charge on any atom is -0.373 e. The molecular weight excluding hydrogens is 294 g/mol. The SMILES string of the molecule is Cc1ccccc1C1C(C#N)C(C)OC2CCc3ccccc3C21. The first-order chi connectivity index (χ1) is 11.7. The van der Waals surface area contributed by atoms with E-state index in [1.807, 2.05) is 0 Å². The van der Waals surface area contributed by atoms with E-state index in [1.165, 1.54) is 22.3 Å². The molecule has 0 bridgehead atoms. The molecule has 0 amide bonds. The van der Waals surface area contributed by atoms with Crippen LogP contribution in [-0.2, 0) is 11.2 Å². The highest BCUT2D eigenvalue weighted by Gasteiger charge is 2.47. The minimum absolute atomic E-state index is 0.0221. The number of rotatable bonds is 1. The Kier molecular flexibility index (Phi) is 3.90. The van der Waals surface area contributed by atoms with Crippen LogP contribution in [0.1, 0.15) is 47.4 Å². The zero-order valence-electron chi connectivity index (χ0n) is 14.3. The quantitative estimate of drug-likeness (QED) is 0.761. The van der Waals surface area contributed by atoms with E-state index in [2.05, 4.69) is 68.4 Å². The number of aryl methyl sites for hydroxylation is 2. The van der Waals surface area contributed by atoms with E-state index in [-0.39, 0.29) is 30.0 Å². The lowest BCUT2D eigenvalue weighted by Crippen LogP contribution is -2.45. The topological polar surface area (TPSA) is 33.0 Å². The molecule has 0 aromatic heterocycles. The maximum absolute atomic E-state index is 9.89. The van der Waals surface area contributed by atoms with E-state index < -0.39 is 0 Å². The van der Waals surface area contributed by atoms with Gasteiger partial charge in [0.15, 0.2) is 0 Å². The number of nitriles is 1. The van der Waals surface area contributed by atoms with Crippen molar-refractivity contribution in [2.24, 2.45) is 5.92 Å². The van der Waals surface area contributed by atoms with Gasteiger partial charge in [0.25, 0.3) is 0 Å². The molecule has 2 aliphatic rings. The molecule has 1 heterocycles. The minimum atomic E-state index is -0.112. The molecule has 2 aromatic rings. The van der Waals surface area contributed by atoms with Crippen molar-refractivity contribution in [3.8, 4) is 6.07 Å². The first-order valence-electron chi connectivity index (χ1n) is 8.89. The molecular formula is C22H23NO. The molecule has 0 spiro atoms. The van der Waals surface area contributed by atoms with Gasteiger partial charge < -0.3 is 4.74 Å². The average Bonchev–Trinajstić information content (AvgIpc) is 2.61. The van der Waals surface area contributed by atoms with Gasteiger partial charge in [0, 0.05) is 11.8 Å². The van der Waals surface area contributed by atoms with Crippen LogP contribution in [0.5, 0.6) is 0 Å². The highest BCUT2D eigenvalue weighted by molar-refractivity contribution is 5.42. The molecule has 0 saturated carbocycles. The normalized spacial score (nSPS) is 31.6. The fraction of sp³-hybridized carbons (Fsp3) is 0.409. The van der Waals surface area contributed by atoms with Crippen LogP contribution in [0.3, 0.4) is 0 Å². The van der Waals surface area contributed by atoms with Crippen LogP contribution in [-0.4, -0.2) is 12.2 Å². The number of fused-ring (bicyclic) bond motifs is 3. The molecule has 24 heavy (non-hydrogen) atoms.